The number of amides is 1. The van der Waals surface area contributed by atoms with E-state index in [1.165, 1.54) is 0 Å². The summed E-state index contributed by atoms with van der Waals surface area (Å²) in [5, 5.41) is 16.3. The molecule has 1 N–H and O–H groups in total. The molecule has 1 fully saturated rings. The highest BCUT2D eigenvalue weighted by Gasteiger charge is 2.26. The molecule has 0 aliphatic carbocycles. The van der Waals surface area contributed by atoms with Crippen LogP contribution >= 0.6 is 0 Å². The van der Waals surface area contributed by atoms with E-state index in [-0.39, 0.29) is 5.91 Å². The summed E-state index contributed by atoms with van der Waals surface area (Å²) in [5.41, 5.74) is 1.74. The van der Waals surface area contributed by atoms with Crippen molar-refractivity contribution in [1.82, 2.24) is 9.78 Å². The molecule has 6 nitrogen and oxygen atoms in total. The predicted octanol–water partition coefficient (Wildman–Crippen LogP) is 2.17. The number of anilines is 1. The summed E-state index contributed by atoms with van der Waals surface area (Å²) >= 11 is 0. The number of benzene rings is 1. The van der Waals surface area contributed by atoms with E-state index < -0.39 is 6.10 Å². The van der Waals surface area contributed by atoms with Crippen molar-refractivity contribution in [3.8, 4) is 11.8 Å². The van der Waals surface area contributed by atoms with Crippen LogP contribution in [0.4, 0.5) is 5.82 Å². The number of para-hydroxylation sites is 1. The summed E-state index contributed by atoms with van der Waals surface area (Å²) in [6, 6.07) is 11.5. The number of carbonyl (C=O) groups is 1. The molecule has 0 bridgehead atoms. The zero-order chi connectivity index (χ0) is 15.5. The molecule has 3 rings (SSSR count). The van der Waals surface area contributed by atoms with Gasteiger partial charge in [0, 0.05) is 12.2 Å². The molecule has 1 atom stereocenters. The van der Waals surface area contributed by atoms with Gasteiger partial charge in [-0.05, 0) is 31.9 Å². The number of carbonyl (C=O) groups excluding carboxylic acids is 1. The van der Waals surface area contributed by atoms with Crippen molar-refractivity contribution in [2.45, 2.75) is 25.9 Å². The molecule has 0 radical (unpaired) electrons. The summed E-state index contributed by atoms with van der Waals surface area (Å²) < 4.78 is 6.98. The van der Waals surface area contributed by atoms with E-state index in [0.717, 1.165) is 18.5 Å². The van der Waals surface area contributed by atoms with E-state index in [4.69, 9.17) is 4.74 Å². The van der Waals surface area contributed by atoms with Crippen molar-refractivity contribution in [3.63, 3.8) is 0 Å². The number of nitriles is 1. The maximum atomic E-state index is 12.3. The molecule has 1 unspecified atom stereocenters. The van der Waals surface area contributed by atoms with E-state index in [9.17, 15) is 10.1 Å². The van der Waals surface area contributed by atoms with Crippen LogP contribution in [0.1, 0.15) is 24.1 Å². The number of aromatic nitrogens is 2. The maximum Gasteiger partial charge on any atom is 0.254 e. The van der Waals surface area contributed by atoms with Gasteiger partial charge in [0.05, 0.1) is 5.69 Å². The molecule has 0 spiro atoms. The van der Waals surface area contributed by atoms with Crippen LogP contribution in [0.15, 0.2) is 30.3 Å². The van der Waals surface area contributed by atoms with Crippen LogP contribution in [0.5, 0.6) is 0 Å². The van der Waals surface area contributed by atoms with Gasteiger partial charge < -0.3 is 10.1 Å². The minimum Gasteiger partial charge on any atom is -0.368 e. The van der Waals surface area contributed by atoms with Crippen LogP contribution in [0.3, 0.4) is 0 Å². The van der Waals surface area contributed by atoms with Crippen LogP contribution < -0.4 is 5.32 Å². The molecule has 1 aliphatic rings. The van der Waals surface area contributed by atoms with Crippen LogP contribution in [0.2, 0.25) is 0 Å². The topological polar surface area (TPSA) is 79.9 Å². The van der Waals surface area contributed by atoms with E-state index >= 15 is 0 Å². The van der Waals surface area contributed by atoms with Gasteiger partial charge in [-0.15, -0.1) is 0 Å². The van der Waals surface area contributed by atoms with Gasteiger partial charge in [-0.25, -0.2) is 4.68 Å². The van der Waals surface area contributed by atoms with Crippen LogP contribution in [-0.2, 0) is 9.53 Å². The number of ether oxygens (including phenoxy) is 1. The van der Waals surface area contributed by atoms with Crippen molar-refractivity contribution in [1.29, 1.82) is 5.26 Å². The Balaban J connectivity index is 1.97. The van der Waals surface area contributed by atoms with Gasteiger partial charge >= 0.3 is 0 Å². The predicted molar refractivity (Wildman–Crippen MR) is 80.6 cm³/mol. The minimum absolute atomic E-state index is 0.192. The van der Waals surface area contributed by atoms with Crippen molar-refractivity contribution in [2.24, 2.45) is 0 Å². The molecule has 2 heterocycles. The van der Waals surface area contributed by atoms with Crippen LogP contribution in [0, 0.1) is 18.3 Å². The smallest absolute Gasteiger partial charge is 0.254 e. The van der Waals surface area contributed by atoms with Gasteiger partial charge in [-0.3, -0.25) is 4.79 Å². The molecular formula is C16H16N4O2. The minimum atomic E-state index is -0.427. The SMILES string of the molecule is Cc1c(C#N)nn(-c2ccccc2)c1NC(=O)C1CCCO1. The lowest BCUT2D eigenvalue weighted by atomic mass is 10.2. The summed E-state index contributed by atoms with van der Waals surface area (Å²) in [6.07, 6.45) is 1.18. The molecule has 0 saturated carbocycles. The normalized spacial score (nSPS) is 17.2. The lowest BCUT2D eigenvalue weighted by Crippen LogP contribution is -2.28. The Morgan fingerprint density at radius 1 is 1.45 bits per heavy atom. The standard InChI is InChI=1S/C16H16N4O2/c1-11-13(10-17)19-20(12-6-3-2-4-7-12)15(11)18-16(21)14-8-5-9-22-14/h2-4,6-7,14H,5,8-9H2,1H3,(H,18,21). The lowest BCUT2D eigenvalue weighted by Gasteiger charge is -2.13. The fraction of sp³-hybridized carbons (Fsp3) is 0.312. The van der Waals surface area contributed by atoms with Crippen LogP contribution in [-0.4, -0.2) is 28.4 Å². The summed E-state index contributed by atoms with van der Waals surface area (Å²) in [5.74, 6) is 0.324. The lowest BCUT2D eigenvalue weighted by molar-refractivity contribution is -0.124. The fourth-order valence-electron chi connectivity index (χ4n) is 2.49. The Morgan fingerprint density at radius 2 is 2.23 bits per heavy atom. The van der Waals surface area contributed by atoms with Crippen molar-refractivity contribution in [2.75, 3.05) is 11.9 Å². The third-order valence-corrected chi connectivity index (χ3v) is 3.69. The molecule has 6 heteroatoms. The van der Waals surface area contributed by atoms with E-state index in [1.807, 2.05) is 30.3 Å². The third-order valence-electron chi connectivity index (χ3n) is 3.69. The van der Waals surface area contributed by atoms with Gasteiger partial charge in [-0.1, -0.05) is 18.2 Å². The highest BCUT2D eigenvalue weighted by atomic mass is 16.5. The highest BCUT2D eigenvalue weighted by Crippen LogP contribution is 2.24. The summed E-state index contributed by atoms with van der Waals surface area (Å²) in [6.45, 7) is 2.38. The first-order chi connectivity index (χ1) is 10.7. The Bertz CT molecular complexity index is 725. The average Bonchev–Trinajstić information content (AvgIpc) is 3.18. The highest BCUT2D eigenvalue weighted by molar-refractivity contribution is 5.94. The molecule has 1 saturated heterocycles. The second kappa shape index (κ2) is 6.00. The fourth-order valence-corrected chi connectivity index (χ4v) is 2.49. The quantitative estimate of drug-likeness (QED) is 0.941. The number of rotatable bonds is 3. The number of hydrogen-bond donors (Lipinski definition) is 1. The Hall–Kier alpha value is -2.65. The first kappa shape index (κ1) is 14.3. The number of nitrogens with one attached hydrogen (secondary N) is 1. The van der Waals surface area contributed by atoms with Crippen molar-refractivity contribution in [3.05, 3.63) is 41.6 Å². The van der Waals surface area contributed by atoms with E-state index in [0.29, 0.717) is 23.7 Å². The average molecular weight is 296 g/mol. The second-order valence-corrected chi connectivity index (χ2v) is 5.17. The zero-order valence-corrected chi connectivity index (χ0v) is 12.2. The second-order valence-electron chi connectivity index (χ2n) is 5.17. The number of nitrogens with zero attached hydrogens (tertiary/aromatic N) is 3. The zero-order valence-electron chi connectivity index (χ0n) is 12.2. The van der Waals surface area contributed by atoms with Gasteiger partial charge in [0.2, 0.25) is 0 Å². The molecule has 112 valence electrons. The molecule has 1 aromatic carbocycles. The third kappa shape index (κ3) is 2.59. The van der Waals surface area contributed by atoms with Gasteiger partial charge in [-0.2, -0.15) is 10.4 Å². The van der Waals surface area contributed by atoms with Gasteiger partial charge in [0.25, 0.3) is 5.91 Å². The summed E-state index contributed by atoms with van der Waals surface area (Å²) in [7, 11) is 0. The largest absolute Gasteiger partial charge is 0.368 e. The van der Waals surface area contributed by atoms with E-state index in [2.05, 4.69) is 16.5 Å². The van der Waals surface area contributed by atoms with E-state index in [1.54, 1.807) is 11.6 Å². The molecule has 2 aromatic rings. The van der Waals surface area contributed by atoms with Crippen molar-refractivity contribution >= 4 is 11.7 Å². The van der Waals surface area contributed by atoms with Crippen molar-refractivity contribution < 1.29 is 9.53 Å². The molecule has 1 amide bonds. The van der Waals surface area contributed by atoms with Gasteiger partial charge in [0.15, 0.2) is 5.69 Å². The first-order valence-electron chi connectivity index (χ1n) is 7.18. The molecule has 1 aromatic heterocycles. The Morgan fingerprint density at radius 3 is 2.86 bits per heavy atom. The maximum absolute atomic E-state index is 12.3. The molecule has 22 heavy (non-hydrogen) atoms. The number of hydrogen-bond acceptors (Lipinski definition) is 4. The molecule has 1 aliphatic heterocycles. The van der Waals surface area contributed by atoms with Gasteiger partial charge in [0.1, 0.15) is 18.0 Å². The molecular weight excluding hydrogens is 280 g/mol. The van der Waals surface area contributed by atoms with Crippen LogP contribution in [0.25, 0.3) is 5.69 Å². The Kier molecular flexibility index (Phi) is 3.90. The Labute approximate surface area is 128 Å². The summed E-state index contributed by atoms with van der Waals surface area (Å²) in [4.78, 5) is 12.3. The first-order valence-corrected chi connectivity index (χ1v) is 7.18. The monoisotopic (exact) mass is 296 g/mol.